The van der Waals surface area contributed by atoms with Crippen molar-refractivity contribution in [2.75, 3.05) is 6.61 Å². The second-order valence-corrected chi connectivity index (χ2v) is 3.80. The lowest BCUT2D eigenvalue weighted by atomic mass is 10.1. The predicted molar refractivity (Wildman–Crippen MR) is 66.8 cm³/mol. The normalized spacial score (nSPS) is 10.3. The van der Waals surface area contributed by atoms with Crippen LogP contribution < -0.4 is 4.74 Å². The molecule has 1 heterocycles. The maximum atomic E-state index is 11.0. The van der Waals surface area contributed by atoms with Crippen molar-refractivity contribution in [3.05, 3.63) is 36.3 Å². The fraction of sp³-hybridized carbons (Fsp3) is 0.231. The van der Waals surface area contributed by atoms with Crippen LogP contribution in [0, 0.1) is 0 Å². The van der Waals surface area contributed by atoms with E-state index in [1.165, 1.54) is 6.33 Å². The third-order valence-corrected chi connectivity index (χ3v) is 2.45. The molecule has 0 fully saturated rings. The zero-order chi connectivity index (χ0) is 13.0. The highest BCUT2D eigenvalue weighted by atomic mass is 16.5. The summed E-state index contributed by atoms with van der Waals surface area (Å²) >= 11 is 0. The molecule has 2 N–H and O–H groups in total. The van der Waals surface area contributed by atoms with Gasteiger partial charge in [-0.2, -0.15) is 0 Å². The molecule has 0 radical (unpaired) electrons. The van der Waals surface area contributed by atoms with E-state index in [2.05, 4.69) is 9.97 Å². The highest BCUT2D eigenvalue weighted by Gasteiger charge is 2.14. The zero-order valence-electron chi connectivity index (χ0n) is 10.0. The largest absolute Gasteiger partial charge is 0.494 e. The number of nitrogens with one attached hydrogen (secondary N) is 1. The molecular formula is C13H14N2O3. The molecule has 5 nitrogen and oxygen atoms in total. The van der Waals surface area contributed by atoms with Crippen LogP contribution in [0.3, 0.4) is 0 Å². The summed E-state index contributed by atoms with van der Waals surface area (Å²) in [6, 6.07) is 7.22. The molecule has 0 aliphatic carbocycles. The van der Waals surface area contributed by atoms with E-state index in [1.54, 1.807) is 12.1 Å². The summed E-state index contributed by atoms with van der Waals surface area (Å²) in [7, 11) is 0. The Morgan fingerprint density at radius 2 is 2.11 bits per heavy atom. The molecular weight excluding hydrogens is 232 g/mol. The minimum absolute atomic E-state index is 0.0947. The third-order valence-electron chi connectivity index (χ3n) is 2.45. The van der Waals surface area contributed by atoms with Crippen LogP contribution in [0.4, 0.5) is 0 Å². The highest BCUT2D eigenvalue weighted by Crippen LogP contribution is 2.23. The Kier molecular flexibility index (Phi) is 3.62. The van der Waals surface area contributed by atoms with Crippen molar-refractivity contribution >= 4 is 5.97 Å². The number of aromatic carboxylic acids is 1. The first kappa shape index (κ1) is 12.2. The Bertz CT molecular complexity index is 531. The standard InChI is InChI=1S/C13H14N2O3/c1-2-7-18-10-5-3-9(4-6-10)11-12(13(16)17)15-8-14-11/h3-6,8H,2,7H2,1H3,(H,14,15)(H,16,17). The number of ether oxygens (including phenoxy) is 1. The van der Waals surface area contributed by atoms with Crippen LogP contribution in [-0.4, -0.2) is 27.7 Å². The minimum atomic E-state index is -1.02. The molecule has 2 aromatic rings. The van der Waals surface area contributed by atoms with E-state index in [9.17, 15) is 4.79 Å². The molecule has 1 aromatic heterocycles. The van der Waals surface area contributed by atoms with Gasteiger partial charge in [-0.25, -0.2) is 9.78 Å². The molecule has 1 aromatic carbocycles. The molecule has 2 rings (SSSR count). The molecule has 0 spiro atoms. The van der Waals surface area contributed by atoms with Crippen molar-refractivity contribution in [1.82, 2.24) is 9.97 Å². The Hall–Kier alpha value is -2.30. The van der Waals surface area contributed by atoms with Crippen molar-refractivity contribution in [2.45, 2.75) is 13.3 Å². The number of carbonyl (C=O) groups is 1. The van der Waals surface area contributed by atoms with E-state index in [-0.39, 0.29) is 5.69 Å². The average molecular weight is 246 g/mol. The summed E-state index contributed by atoms with van der Waals surface area (Å²) in [5.74, 6) is -0.248. The molecule has 0 atom stereocenters. The van der Waals surface area contributed by atoms with Crippen LogP contribution >= 0.6 is 0 Å². The molecule has 0 aliphatic rings. The summed E-state index contributed by atoms with van der Waals surface area (Å²) < 4.78 is 5.46. The van der Waals surface area contributed by atoms with E-state index >= 15 is 0 Å². The number of aromatic amines is 1. The molecule has 0 bridgehead atoms. The van der Waals surface area contributed by atoms with E-state index in [4.69, 9.17) is 9.84 Å². The number of imidazole rings is 1. The molecule has 18 heavy (non-hydrogen) atoms. The van der Waals surface area contributed by atoms with Gasteiger partial charge in [-0.15, -0.1) is 0 Å². The van der Waals surface area contributed by atoms with E-state index < -0.39 is 5.97 Å². The number of aromatic nitrogens is 2. The molecule has 0 aliphatic heterocycles. The van der Waals surface area contributed by atoms with Crippen LogP contribution in [-0.2, 0) is 0 Å². The van der Waals surface area contributed by atoms with Crippen LogP contribution in [0.1, 0.15) is 23.8 Å². The summed E-state index contributed by atoms with van der Waals surface area (Å²) in [6.45, 7) is 2.71. The minimum Gasteiger partial charge on any atom is -0.494 e. The van der Waals surface area contributed by atoms with Crippen molar-refractivity contribution < 1.29 is 14.6 Å². The number of carboxylic acid groups (broad SMARTS) is 1. The van der Waals surface area contributed by atoms with Crippen molar-refractivity contribution in [2.24, 2.45) is 0 Å². The van der Waals surface area contributed by atoms with Crippen molar-refractivity contribution in [1.29, 1.82) is 0 Å². The molecule has 0 saturated carbocycles. The van der Waals surface area contributed by atoms with Crippen LogP contribution in [0.25, 0.3) is 11.3 Å². The quantitative estimate of drug-likeness (QED) is 0.850. The monoisotopic (exact) mass is 246 g/mol. The Morgan fingerprint density at radius 1 is 1.39 bits per heavy atom. The number of rotatable bonds is 5. The van der Waals surface area contributed by atoms with Crippen LogP contribution in [0.5, 0.6) is 5.75 Å². The van der Waals surface area contributed by atoms with Crippen molar-refractivity contribution in [3.63, 3.8) is 0 Å². The lowest BCUT2D eigenvalue weighted by Crippen LogP contribution is -1.99. The SMILES string of the molecule is CCCOc1ccc(-c2nc[nH]c2C(=O)O)cc1. The third kappa shape index (κ3) is 2.51. The lowest BCUT2D eigenvalue weighted by Gasteiger charge is -2.05. The second kappa shape index (κ2) is 5.35. The second-order valence-electron chi connectivity index (χ2n) is 3.80. The molecule has 0 saturated heterocycles. The Balaban J connectivity index is 2.23. The van der Waals surface area contributed by atoms with E-state index in [0.717, 1.165) is 17.7 Å². The fourth-order valence-corrected chi connectivity index (χ4v) is 1.61. The van der Waals surface area contributed by atoms with Crippen LogP contribution in [0.2, 0.25) is 0 Å². The number of benzene rings is 1. The maximum absolute atomic E-state index is 11.0. The van der Waals surface area contributed by atoms with Gasteiger partial charge in [-0.3, -0.25) is 0 Å². The average Bonchev–Trinajstić information content (AvgIpc) is 2.86. The summed E-state index contributed by atoms with van der Waals surface area (Å²) in [6.07, 6.45) is 2.32. The van der Waals surface area contributed by atoms with Gasteiger partial charge in [0, 0.05) is 5.56 Å². The van der Waals surface area contributed by atoms with Gasteiger partial charge in [0.25, 0.3) is 0 Å². The summed E-state index contributed by atoms with van der Waals surface area (Å²) in [5.41, 5.74) is 1.28. The lowest BCUT2D eigenvalue weighted by molar-refractivity contribution is 0.0692. The van der Waals surface area contributed by atoms with Gasteiger partial charge in [0.15, 0.2) is 5.69 Å². The Labute approximate surface area is 104 Å². The van der Waals surface area contributed by atoms with Gasteiger partial charge in [-0.1, -0.05) is 6.92 Å². The maximum Gasteiger partial charge on any atom is 0.354 e. The molecule has 0 unspecified atom stereocenters. The zero-order valence-corrected chi connectivity index (χ0v) is 10.0. The number of hydrogen-bond acceptors (Lipinski definition) is 3. The molecule has 5 heteroatoms. The molecule has 94 valence electrons. The topological polar surface area (TPSA) is 75.2 Å². The highest BCUT2D eigenvalue weighted by molar-refractivity contribution is 5.92. The van der Waals surface area contributed by atoms with Gasteiger partial charge in [0.05, 0.1) is 12.9 Å². The van der Waals surface area contributed by atoms with Gasteiger partial charge in [0.1, 0.15) is 11.4 Å². The number of carboxylic acids is 1. The van der Waals surface area contributed by atoms with E-state index in [0.29, 0.717) is 12.3 Å². The first-order chi connectivity index (χ1) is 8.72. The van der Waals surface area contributed by atoms with Crippen molar-refractivity contribution in [3.8, 4) is 17.0 Å². The van der Waals surface area contributed by atoms with Gasteiger partial charge in [0.2, 0.25) is 0 Å². The van der Waals surface area contributed by atoms with Gasteiger partial charge in [-0.05, 0) is 30.7 Å². The first-order valence-corrected chi connectivity index (χ1v) is 5.72. The fourth-order valence-electron chi connectivity index (χ4n) is 1.61. The molecule has 0 amide bonds. The summed E-state index contributed by atoms with van der Waals surface area (Å²) in [4.78, 5) is 17.6. The van der Waals surface area contributed by atoms with Gasteiger partial charge >= 0.3 is 5.97 Å². The first-order valence-electron chi connectivity index (χ1n) is 5.72. The number of H-pyrrole nitrogens is 1. The number of nitrogens with zero attached hydrogens (tertiary/aromatic N) is 1. The van der Waals surface area contributed by atoms with E-state index in [1.807, 2.05) is 19.1 Å². The summed E-state index contributed by atoms with van der Waals surface area (Å²) in [5, 5.41) is 8.99. The smallest absolute Gasteiger partial charge is 0.354 e. The number of hydrogen-bond donors (Lipinski definition) is 2. The van der Waals surface area contributed by atoms with Crippen LogP contribution in [0.15, 0.2) is 30.6 Å². The van der Waals surface area contributed by atoms with Gasteiger partial charge < -0.3 is 14.8 Å². The Morgan fingerprint density at radius 3 is 2.72 bits per heavy atom. The predicted octanol–water partition coefficient (Wildman–Crippen LogP) is 2.56.